The molecule has 3 heterocycles. The summed E-state index contributed by atoms with van der Waals surface area (Å²) in [5.74, 6) is -0.314. The third-order valence-electron chi connectivity index (χ3n) is 5.04. The van der Waals surface area contributed by atoms with Crippen molar-refractivity contribution >= 4 is 21.6 Å². The molecule has 1 aliphatic rings. The first kappa shape index (κ1) is 21.0. The Bertz CT molecular complexity index is 1190. The minimum Gasteiger partial charge on any atom is -0.356 e. The summed E-state index contributed by atoms with van der Waals surface area (Å²) in [5, 5.41) is 0. The van der Waals surface area contributed by atoms with E-state index in [1.165, 1.54) is 16.7 Å². The Balaban J connectivity index is 1.67. The Morgan fingerprint density at radius 2 is 1.74 bits per heavy atom. The number of halogens is 3. The maximum Gasteiger partial charge on any atom is 0.416 e. The SMILES string of the molecule is O=C(c1cc(S(=O)(=O)Nc2cc(C(F)(F)F)ccc2-n2cccc2)c[nH]1)N1CCCC1. The summed E-state index contributed by atoms with van der Waals surface area (Å²) in [6.45, 7) is 1.20. The molecule has 1 aliphatic heterocycles. The number of hydrogen-bond donors (Lipinski definition) is 2. The van der Waals surface area contributed by atoms with Crippen LogP contribution in [0.3, 0.4) is 0 Å². The fourth-order valence-corrected chi connectivity index (χ4v) is 4.52. The van der Waals surface area contributed by atoms with Crippen LogP contribution in [-0.4, -0.2) is 41.9 Å². The van der Waals surface area contributed by atoms with Gasteiger partial charge in [0.2, 0.25) is 0 Å². The third-order valence-corrected chi connectivity index (χ3v) is 6.39. The third kappa shape index (κ3) is 4.31. The Hall–Kier alpha value is -3.21. The minimum atomic E-state index is -4.64. The highest BCUT2D eigenvalue weighted by Crippen LogP contribution is 2.34. The van der Waals surface area contributed by atoms with Crippen molar-refractivity contribution in [3.63, 3.8) is 0 Å². The van der Waals surface area contributed by atoms with Crippen LogP contribution in [0.25, 0.3) is 5.69 Å². The van der Waals surface area contributed by atoms with Crippen molar-refractivity contribution in [3.8, 4) is 5.69 Å². The van der Waals surface area contributed by atoms with Gasteiger partial charge in [0.1, 0.15) is 10.6 Å². The van der Waals surface area contributed by atoms with Gasteiger partial charge >= 0.3 is 6.18 Å². The smallest absolute Gasteiger partial charge is 0.356 e. The van der Waals surface area contributed by atoms with Gasteiger partial charge < -0.3 is 14.5 Å². The molecule has 7 nitrogen and oxygen atoms in total. The van der Waals surface area contributed by atoms with Gasteiger partial charge in [-0.1, -0.05) is 0 Å². The quantitative estimate of drug-likeness (QED) is 0.616. The largest absolute Gasteiger partial charge is 0.416 e. The van der Waals surface area contributed by atoms with E-state index in [0.717, 1.165) is 31.2 Å². The number of H-pyrrole nitrogens is 1. The van der Waals surface area contributed by atoms with Gasteiger partial charge in [0.25, 0.3) is 15.9 Å². The van der Waals surface area contributed by atoms with Gasteiger partial charge in [-0.3, -0.25) is 9.52 Å². The molecular formula is C20H19F3N4O3S. The molecule has 1 saturated heterocycles. The van der Waals surface area contributed by atoms with Crippen LogP contribution in [0.2, 0.25) is 0 Å². The van der Waals surface area contributed by atoms with E-state index < -0.39 is 21.8 Å². The highest BCUT2D eigenvalue weighted by Gasteiger charge is 2.32. The minimum absolute atomic E-state index is 0.108. The number of sulfonamides is 1. The van der Waals surface area contributed by atoms with Crippen LogP contribution in [0, 0.1) is 0 Å². The van der Waals surface area contributed by atoms with Crippen LogP contribution in [0.4, 0.5) is 18.9 Å². The molecule has 2 aromatic heterocycles. The molecule has 31 heavy (non-hydrogen) atoms. The number of hydrogen-bond acceptors (Lipinski definition) is 3. The number of likely N-dealkylation sites (tertiary alicyclic amines) is 1. The van der Waals surface area contributed by atoms with Crippen molar-refractivity contribution in [2.24, 2.45) is 0 Å². The molecule has 0 atom stereocenters. The van der Waals surface area contributed by atoms with Gasteiger partial charge in [0, 0.05) is 31.7 Å². The lowest BCUT2D eigenvalue weighted by atomic mass is 10.1. The van der Waals surface area contributed by atoms with Gasteiger partial charge in [-0.05, 0) is 49.2 Å². The maximum absolute atomic E-state index is 13.2. The van der Waals surface area contributed by atoms with Crippen molar-refractivity contribution < 1.29 is 26.4 Å². The molecule has 3 aromatic rings. The average molecular weight is 452 g/mol. The summed E-state index contributed by atoms with van der Waals surface area (Å²) in [6.07, 6.45) is 1.45. The Morgan fingerprint density at radius 1 is 1.06 bits per heavy atom. The summed E-state index contributed by atoms with van der Waals surface area (Å²) in [7, 11) is -4.26. The second-order valence-corrected chi connectivity index (χ2v) is 8.86. The van der Waals surface area contributed by atoms with Crippen molar-refractivity contribution in [2.45, 2.75) is 23.9 Å². The first-order chi connectivity index (χ1) is 14.6. The summed E-state index contributed by atoms with van der Waals surface area (Å²) in [4.78, 5) is 16.5. The molecule has 0 bridgehead atoms. The summed E-state index contributed by atoms with van der Waals surface area (Å²) in [6, 6.07) is 7.34. The highest BCUT2D eigenvalue weighted by molar-refractivity contribution is 7.92. The average Bonchev–Trinajstić information content (AvgIpc) is 3.49. The van der Waals surface area contributed by atoms with E-state index in [4.69, 9.17) is 0 Å². The van der Waals surface area contributed by atoms with E-state index in [1.807, 2.05) is 0 Å². The molecule has 11 heteroatoms. The van der Waals surface area contributed by atoms with Gasteiger partial charge in [-0.2, -0.15) is 13.2 Å². The van der Waals surface area contributed by atoms with Crippen LogP contribution in [0.5, 0.6) is 0 Å². The van der Waals surface area contributed by atoms with Gasteiger partial charge in [-0.15, -0.1) is 0 Å². The lowest BCUT2D eigenvalue weighted by Crippen LogP contribution is -2.27. The number of alkyl halides is 3. The number of nitrogens with one attached hydrogen (secondary N) is 2. The number of aromatic amines is 1. The van der Waals surface area contributed by atoms with E-state index in [1.54, 1.807) is 29.4 Å². The Kier molecular flexibility index (Phi) is 5.29. The second-order valence-electron chi connectivity index (χ2n) is 7.17. The fourth-order valence-electron chi connectivity index (χ4n) is 3.46. The molecule has 1 amide bonds. The number of amides is 1. The Labute approximate surface area is 176 Å². The predicted molar refractivity (Wildman–Crippen MR) is 108 cm³/mol. The second kappa shape index (κ2) is 7.80. The molecule has 4 rings (SSSR count). The van der Waals surface area contributed by atoms with E-state index >= 15 is 0 Å². The number of benzene rings is 1. The monoisotopic (exact) mass is 452 g/mol. The number of rotatable bonds is 5. The first-order valence-corrected chi connectivity index (χ1v) is 11.0. The van der Waals surface area contributed by atoms with E-state index in [2.05, 4.69) is 9.71 Å². The van der Waals surface area contributed by atoms with Crippen molar-refractivity contribution in [3.05, 3.63) is 66.2 Å². The number of anilines is 1. The molecule has 0 spiro atoms. The zero-order chi connectivity index (χ0) is 22.2. The molecule has 2 N–H and O–H groups in total. The number of carbonyl (C=O) groups is 1. The van der Waals surface area contributed by atoms with Crippen LogP contribution in [0.15, 0.2) is 59.9 Å². The van der Waals surface area contributed by atoms with Crippen LogP contribution in [-0.2, 0) is 16.2 Å². The number of carbonyl (C=O) groups excluding carboxylic acids is 1. The number of aromatic nitrogens is 2. The first-order valence-electron chi connectivity index (χ1n) is 9.50. The van der Waals surface area contributed by atoms with Gasteiger partial charge in [-0.25, -0.2) is 8.42 Å². The van der Waals surface area contributed by atoms with Crippen LogP contribution < -0.4 is 4.72 Å². The molecular weight excluding hydrogens is 433 g/mol. The zero-order valence-electron chi connectivity index (χ0n) is 16.2. The van der Waals surface area contributed by atoms with Gasteiger partial charge in [0.05, 0.1) is 16.9 Å². The summed E-state index contributed by atoms with van der Waals surface area (Å²) < 4.78 is 69.1. The fraction of sp³-hybridized carbons (Fsp3) is 0.250. The molecule has 164 valence electrons. The molecule has 0 saturated carbocycles. The molecule has 0 radical (unpaired) electrons. The topological polar surface area (TPSA) is 87.2 Å². The van der Waals surface area contributed by atoms with E-state index in [0.29, 0.717) is 13.1 Å². The lowest BCUT2D eigenvalue weighted by molar-refractivity contribution is -0.137. The maximum atomic E-state index is 13.2. The molecule has 0 unspecified atom stereocenters. The van der Waals surface area contributed by atoms with Crippen molar-refractivity contribution in [2.75, 3.05) is 17.8 Å². The predicted octanol–water partition coefficient (Wildman–Crippen LogP) is 3.86. The van der Waals surface area contributed by atoms with Crippen LogP contribution in [0.1, 0.15) is 28.9 Å². The normalized spacial score (nSPS) is 14.7. The van der Waals surface area contributed by atoms with Gasteiger partial charge in [0.15, 0.2) is 0 Å². The molecule has 1 fully saturated rings. The standard InChI is InChI=1S/C20H19F3N4O3S/c21-20(22,23)14-5-6-18(26-7-1-2-8-26)16(11-14)25-31(29,30)15-12-17(24-13-15)19(28)27-9-3-4-10-27/h1-2,5-8,11-13,24-25H,3-4,9-10H2. The van der Waals surface area contributed by atoms with E-state index in [-0.39, 0.29) is 27.9 Å². The van der Waals surface area contributed by atoms with Crippen molar-refractivity contribution in [1.29, 1.82) is 0 Å². The zero-order valence-corrected chi connectivity index (χ0v) is 17.0. The molecule has 0 aliphatic carbocycles. The van der Waals surface area contributed by atoms with E-state index in [9.17, 15) is 26.4 Å². The highest BCUT2D eigenvalue weighted by atomic mass is 32.2. The summed E-state index contributed by atoms with van der Waals surface area (Å²) >= 11 is 0. The lowest BCUT2D eigenvalue weighted by Gasteiger charge is -2.16. The molecule has 1 aromatic carbocycles. The Morgan fingerprint density at radius 3 is 2.39 bits per heavy atom. The number of nitrogens with zero attached hydrogens (tertiary/aromatic N) is 2. The summed E-state index contributed by atoms with van der Waals surface area (Å²) in [5.41, 5.74) is -0.887. The van der Waals surface area contributed by atoms with Crippen molar-refractivity contribution in [1.82, 2.24) is 14.5 Å². The van der Waals surface area contributed by atoms with Crippen LogP contribution >= 0.6 is 0 Å².